The molecule has 132 valence electrons. The quantitative estimate of drug-likeness (QED) is 0.754. The molecular formula is C20H17ClN2O3. The summed E-state index contributed by atoms with van der Waals surface area (Å²) in [4.78, 5) is 17.5. The Balaban J connectivity index is 1.76. The van der Waals surface area contributed by atoms with Gasteiger partial charge in [-0.3, -0.25) is 9.78 Å². The summed E-state index contributed by atoms with van der Waals surface area (Å²) >= 11 is 6.15. The zero-order valence-electron chi connectivity index (χ0n) is 14.2. The SMILES string of the molecule is CO[C@@]1(C(=O)Nc2cncc3ccccc23)CCOc2ccc(Cl)cc21. The van der Waals surface area contributed by atoms with Crippen LogP contribution in [-0.2, 0) is 15.1 Å². The molecule has 2 aromatic carbocycles. The van der Waals surface area contributed by atoms with E-state index in [2.05, 4.69) is 10.3 Å². The Hall–Kier alpha value is -2.63. The molecule has 3 aromatic rings. The van der Waals surface area contributed by atoms with Crippen molar-refractivity contribution in [1.82, 2.24) is 4.98 Å². The maximum absolute atomic E-state index is 13.3. The summed E-state index contributed by atoms with van der Waals surface area (Å²) in [5.41, 5.74) is 0.0964. The van der Waals surface area contributed by atoms with Crippen molar-refractivity contribution in [3.63, 3.8) is 0 Å². The lowest BCUT2D eigenvalue weighted by Crippen LogP contribution is -2.45. The van der Waals surface area contributed by atoms with Crippen LogP contribution in [0.2, 0.25) is 5.02 Å². The highest BCUT2D eigenvalue weighted by Crippen LogP contribution is 2.42. The Kier molecular flexibility index (Phi) is 4.26. The van der Waals surface area contributed by atoms with Gasteiger partial charge in [0.2, 0.25) is 0 Å². The number of methoxy groups -OCH3 is 1. The molecule has 1 aliphatic rings. The number of benzene rings is 2. The van der Waals surface area contributed by atoms with Crippen molar-refractivity contribution in [2.45, 2.75) is 12.0 Å². The van der Waals surface area contributed by atoms with Crippen LogP contribution in [-0.4, -0.2) is 24.6 Å². The molecule has 1 N–H and O–H groups in total. The zero-order valence-corrected chi connectivity index (χ0v) is 14.9. The molecule has 0 saturated heterocycles. The number of nitrogens with zero attached hydrogens (tertiary/aromatic N) is 1. The molecule has 6 heteroatoms. The molecule has 1 aliphatic heterocycles. The molecule has 5 nitrogen and oxygen atoms in total. The third kappa shape index (κ3) is 2.69. The normalized spacial score (nSPS) is 18.8. The van der Waals surface area contributed by atoms with E-state index in [9.17, 15) is 4.79 Å². The minimum Gasteiger partial charge on any atom is -0.493 e. The number of amides is 1. The number of nitrogens with one attached hydrogen (secondary N) is 1. The second-order valence-electron chi connectivity index (χ2n) is 6.13. The molecule has 1 amide bonds. The fraction of sp³-hybridized carbons (Fsp3) is 0.200. The van der Waals surface area contributed by atoms with Crippen molar-refractivity contribution in [2.24, 2.45) is 0 Å². The average Bonchev–Trinajstić information content (AvgIpc) is 2.67. The number of anilines is 1. The van der Waals surface area contributed by atoms with Gasteiger partial charge in [-0.05, 0) is 18.2 Å². The molecule has 26 heavy (non-hydrogen) atoms. The first-order valence-corrected chi connectivity index (χ1v) is 8.64. The molecule has 1 atom stereocenters. The van der Waals surface area contributed by atoms with Gasteiger partial charge in [0.25, 0.3) is 5.91 Å². The number of carbonyl (C=O) groups is 1. The summed E-state index contributed by atoms with van der Waals surface area (Å²) in [7, 11) is 1.52. The zero-order chi connectivity index (χ0) is 18.1. The summed E-state index contributed by atoms with van der Waals surface area (Å²) < 4.78 is 11.4. The molecular weight excluding hydrogens is 352 g/mol. The molecule has 0 radical (unpaired) electrons. The van der Waals surface area contributed by atoms with Crippen LogP contribution in [0.5, 0.6) is 5.75 Å². The largest absolute Gasteiger partial charge is 0.493 e. The molecule has 1 aromatic heterocycles. The predicted molar refractivity (Wildman–Crippen MR) is 101 cm³/mol. The first-order valence-electron chi connectivity index (χ1n) is 8.26. The fourth-order valence-corrected chi connectivity index (χ4v) is 3.54. The third-order valence-corrected chi connectivity index (χ3v) is 4.96. The van der Waals surface area contributed by atoms with Crippen LogP contribution in [0, 0.1) is 0 Å². The van der Waals surface area contributed by atoms with Gasteiger partial charge < -0.3 is 14.8 Å². The van der Waals surface area contributed by atoms with E-state index in [1.54, 1.807) is 30.6 Å². The number of ether oxygens (including phenoxy) is 2. The van der Waals surface area contributed by atoms with Crippen LogP contribution in [0.25, 0.3) is 10.8 Å². The topological polar surface area (TPSA) is 60.5 Å². The summed E-state index contributed by atoms with van der Waals surface area (Å²) in [6.07, 6.45) is 3.79. The van der Waals surface area contributed by atoms with E-state index in [0.717, 1.165) is 10.8 Å². The maximum Gasteiger partial charge on any atom is 0.261 e. The number of fused-ring (bicyclic) bond motifs is 2. The summed E-state index contributed by atoms with van der Waals surface area (Å²) in [5.74, 6) is 0.332. The molecule has 0 saturated carbocycles. The Labute approximate surface area is 155 Å². The monoisotopic (exact) mass is 368 g/mol. The molecule has 0 aliphatic carbocycles. The standard InChI is InChI=1S/C20H17ClN2O3/c1-25-20(8-9-26-18-7-6-14(21)10-16(18)20)19(24)23-17-12-22-11-13-4-2-3-5-15(13)17/h2-7,10-12H,8-9H2,1H3,(H,23,24)/t20-/m0/s1. The average molecular weight is 369 g/mol. The van der Waals surface area contributed by atoms with Crippen molar-refractivity contribution < 1.29 is 14.3 Å². The fourth-order valence-electron chi connectivity index (χ4n) is 3.36. The highest BCUT2D eigenvalue weighted by atomic mass is 35.5. The first kappa shape index (κ1) is 16.8. The van der Waals surface area contributed by atoms with Gasteiger partial charge in [-0.25, -0.2) is 0 Å². The van der Waals surface area contributed by atoms with Crippen LogP contribution in [0.1, 0.15) is 12.0 Å². The van der Waals surface area contributed by atoms with Crippen LogP contribution in [0.15, 0.2) is 54.9 Å². The maximum atomic E-state index is 13.3. The number of carbonyl (C=O) groups excluding carboxylic acids is 1. The third-order valence-electron chi connectivity index (χ3n) is 4.72. The summed E-state index contributed by atoms with van der Waals surface area (Å²) in [6.45, 7) is 0.379. The van der Waals surface area contributed by atoms with Crippen LogP contribution in [0.4, 0.5) is 5.69 Å². The lowest BCUT2D eigenvalue weighted by Gasteiger charge is -2.36. The van der Waals surface area contributed by atoms with Crippen molar-refractivity contribution in [3.05, 3.63) is 65.4 Å². The van der Waals surface area contributed by atoms with E-state index in [1.165, 1.54) is 7.11 Å². The van der Waals surface area contributed by atoms with Gasteiger partial charge in [-0.1, -0.05) is 35.9 Å². The summed E-state index contributed by atoms with van der Waals surface area (Å²) in [6, 6.07) is 13.0. The Morgan fingerprint density at radius 2 is 2.12 bits per heavy atom. The van der Waals surface area contributed by atoms with E-state index in [1.807, 2.05) is 24.3 Å². The molecule has 4 rings (SSSR count). The Morgan fingerprint density at radius 3 is 2.96 bits per heavy atom. The lowest BCUT2D eigenvalue weighted by molar-refractivity contribution is -0.142. The van der Waals surface area contributed by atoms with E-state index in [0.29, 0.717) is 35.1 Å². The minimum atomic E-state index is -1.17. The molecule has 0 fully saturated rings. The van der Waals surface area contributed by atoms with Crippen molar-refractivity contribution in [2.75, 3.05) is 19.0 Å². The van der Waals surface area contributed by atoms with Gasteiger partial charge in [0.15, 0.2) is 5.60 Å². The van der Waals surface area contributed by atoms with Gasteiger partial charge in [-0.15, -0.1) is 0 Å². The second kappa shape index (κ2) is 6.59. The number of aromatic nitrogens is 1. The van der Waals surface area contributed by atoms with E-state index in [4.69, 9.17) is 21.1 Å². The smallest absolute Gasteiger partial charge is 0.261 e. The van der Waals surface area contributed by atoms with Crippen LogP contribution >= 0.6 is 11.6 Å². The van der Waals surface area contributed by atoms with Gasteiger partial charge in [0.05, 0.1) is 18.5 Å². The molecule has 0 unspecified atom stereocenters. The number of pyridine rings is 1. The Bertz CT molecular complexity index is 986. The first-order chi connectivity index (χ1) is 12.6. The summed E-state index contributed by atoms with van der Waals surface area (Å²) in [5, 5.41) is 5.37. The number of hydrogen-bond donors (Lipinski definition) is 1. The number of hydrogen-bond acceptors (Lipinski definition) is 4. The Morgan fingerprint density at radius 1 is 1.27 bits per heavy atom. The van der Waals surface area contributed by atoms with Crippen molar-refractivity contribution in [3.8, 4) is 5.75 Å². The number of rotatable bonds is 3. The van der Waals surface area contributed by atoms with Gasteiger partial charge >= 0.3 is 0 Å². The number of halogens is 1. The highest BCUT2D eigenvalue weighted by molar-refractivity contribution is 6.30. The second-order valence-corrected chi connectivity index (χ2v) is 6.57. The molecule has 0 bridgehead atoms. The van der Waals surface area contributed by atoms with E-state index < -0.39 is 5.60 Å². The van der Waals surface area contributed by atoms with Crippen LogP contribution < -0.4 is 10.1 Å². The van der Waals surface area contributed by atoms with Gasteiger partial charge in [0, 0.05) is 41.1 Å². The van der Waals surface area contributed by atoms with Crippen molar-refractivity contribution >= 4 is 34.0 Å². The molecule has 0 spiro atoms. The highest BCUT2D eigenvalue weighted by Gasteiger charge is 2.45. The van der Waals surface area contributed by atoms with Gasteiger partial charge in [-0.2, -0.15) is 0 Å². The van der Waals surface area contributed by atoms with Crippen LogP contribution in [0.3, 0.4) is 0 Å². The van der Waals surface area contributed by atoms with E-state index >= 15 is 0 Å². The van der Waals surface area contributed by atoms with E-state index in [-0.39, 0.29) is 5.91 Å². The van der Waals surface area contributed by atoms with Gasteiger partial charge in [0.1, 0.15) is 5.75 Å². The molecule has 2 heterocycles. The lowest BCUT2D eigenvalue weighted by atomic mass is 9.86. The predicted octanol–water partition coefficient (Wildman–Crippen LogP) is 4.15. The minimum absolute atomic E-state index is 0.273. The van der Waals surface area contributed by atoms with Crippen molar-refractivity contribution in [1.29, 1.82) is 0 Å².